The van der Waals surface area contributed by atoms with Gasteiger partial charge in [-0.2, -0.15) is 0 Å². The molecule has 0 aromatic heterocycles. The SMILES string of the molecule is Cc1ccc2c(c1)C(=S)C(=CNc1ccc(S(N)(=O)=O)cc1)C(c1ccccc1)O2. The Kier molecular flexibility index (Phi) is 5.42. The normalized spacial score (nSPS) is 17.3. The second-order valence-corrected chi connectivity index (χ2v) is 9.02. The lowest BCUT2D eigenvalue weighted by molar-refractivity contribution is 0.243. The van der Waals surface area contributed by atoms with Crippen LogP contribution in [0.3, 0.4) is 0 Å². The summed E-state index contributed by atoms with van der Waals surface area (Å²) in [6, 6.07) is 22.1. The highest BCUT2D eigenvalue weighted by Crippen LogP contribution is 2.39. The van der Waals surface area contributed by atoms with E-state index in [1.165, 1.54) is 12.1 Å². The zero-order valence-corrected chi connectivity index (χ0v) is 17.8. The molecule has 3 N–H and O–H groups in total. The summed E-state index contributed by atoms with van der Waals surface area (Å²) in [6.45, 7) is 2.01. The van der Waals surface area contributed by atoms with Crippen molar-refractivity contribution in [3.05, 3.63) is 101 Å². The van der Waals surface area contributed by atoms with Crippen LogP contribution >= 0.6 is 12.2 Å². The van der Waals surface area contributed by atoms with Crippen molar-refractivity contribution in [1.29, 1.82) is 0 Å². The zero-order chi connectivity index (χ0) is 21.3. The van der Waals surface area contributed by atoms with E-state index in [0.717, 1.165) is 28.0 Å². The van der Waals surface area contributed by atoms with E-state index in [0.29, 0.717) is 10.6 Å². The predicted octanol–water partition coefficient (Wildman–Crippen LogP) is 4.49. The maximum atomic E-state index is 11.4. The molecule has 4 rings (SSSR count). The number of benzene rings is 3. The molecule has 0 bridgehead atoms. The Morgan fingerprint density at radius 1 is 1.03 bits per heavy atom. The fourth-order valence-corrected chi connectivity index (χ4v) is 4.15. The van der Waals surface area contributed by atoms with Crippen LogP contribution in [0.25, 0.3) is 0 Å². The first-order valence-corrected chi connectivity index (χ1v) is 11.2. The van der Waals surface area contributed by atoms with Crippen LogP contribution < -0.4 is 15.2 Å². The Bertz CT molecular complexity index is 1240. The third-order valence-electron chi connectivity index (χ3n) is 4.85. The van der Waals surface area contributed by atoms with Gasteiger partial charge in [0, 0.05) is 23.0 Å². The monoisotopic (exact) mass is 436 g/mol. The van der Waals surface area contributed by atoms with Gasteiger partial charge in [0.2, 0.25) is 10.0 Å². The Labute approximate surface area is 181 Å². The Morgan fingerprint density at radius 2 is 1.73 bits per heavy atom. The maximum Gasteiger partial charge on any atom is 0.238 e. The van der Waals surface area contributed by atoms with Gasteiger partial charge < -0.3 is 10.1 Å². The van der Waals surface area contributed by atoms with Gasteiger partial charge in [-0.05, 0) is 48.9 Å². The number of nitrogens with one attached hydrogen (secondary N) is 1. The molecule has 1 unspecified atom stereocenters. The molecule has 1 heterocycles. The first kappa shape index (κ1) is 20.3. The summed E-state index contributed by atoms with van der Waals surface area (Å²) < 4.78 is 29.2. The molecule has 0 amide bonds. The van der Waals surface area contributed by atoms with Crippen LogP contribution in [0.5, 0.6) is 5.75 Å². The summed E-state index contributed by atoms with van der Waals surface area (Å²) >= 11 is 5.82. The van der Waals surface area contributed by atoms with E-state index in [1.54, 1.807) is 12.1 Å². The molecule has 0 radical (unpaired) electrons. The van der Waals surface area contributed by atoms with Gasteiger partial charge >= 0.3 is 0 Å². The molecule has 0 saturated carbocycles. The third-order valence-corrected chi connectivity index (χ3v) is 6.23. The highest BCUT2D eigenvalue weighted by Gasteiger charge is 2.30. The van der Waals surface area contributed by atoms with Gasteiger partial charge in [0.05, 0.1) is 9.76 Å². The molecule has 0 saturated heterocycles. The molecule has 1 aliphatic rings. The van der Waals surface area contributed by atoms with Crippen molar-refractivity contribution in [2.45, 2.75) is 17.9 Å². The lowest BCUT2D eigenvalue weighted by atomic mass is 9.91. The second kappa shape index (κ2) is 8.02. The molecule has 1 atom stereocenters. The standard InChI is InChI=1S/C23H20N2O3S2/c1-15-7-12-21-19(13-15)23(29)20(22(28-21)16-5-3-2-4-6-16)14-25-17-8-10-18(11-9-17)30(24,26)27/h2-14,22,25H,1H3,(H2,24,26,27). The number of primary sulfonamides is 1. The van der Waals surface area contributed by atoms with E-state index >= 15 is 0 Å². The fraction of sp³-hybridized carbons (Fsp3) is 0.0870. The van der Waals surface area contributed by atoms with Gasteiger partial charge in [-0.25, -0.2) is 13.6 Å². The number of ether oxygens (including phenoxy) is 1. The van der Waals surface area contributed by atoms with Crippen molar-refractivity contribution in [2.24, 2.45) is 5.14 Å². The molecule has 7 heteroatoms. The second-order valence-electron chi connectivity index (χ2n) is 7.05. The molecule has 0 aliphatic carbocycles. The van der Waals surface area contributed by atoms with Gasteiger partial charge in [0.15, 0.2) is 6.10 Å². The van der Waals surface area contributed by atoms with E-state index in [9.17, 15) is 8.42 Å². The Hall–Kier alpha value is -3.00. The van der Waals surface area contributed by atoms with Crippen LogP contribution in [0, 0.1) is 6.92 Å². The van der Waals surface area contributed by atoms with Crippen LogP contribution in [0.2, 0.25) is 0 Å². The largest absolute Gasteiger partial charge is 0.480 e. The zero-order valence-electron chi connectivity index (χ0n) is 16.2. The smallest absolute Gasteiger partial charge is 0.238 e. The molecule has 3 aromatic rings. The quantitative estimate of drug-likeness (QED) is 0.465. The summed E-state index contributed by atoms with van der Waals surface area (Å²) in [5.41, 5.74) is 4.51. The van der Waals surface area contributed by atoms with Crippen LogP contribution in [0.4, 0.5) is 5.69 Å². The predicted molar refractivity (Wildman–Crippen MR) is 122 cm³/mol. The number of aryl methyl sites for hydroxylation is 1. The molecule has 1 aliphatic heterocycles. The molecule has 0 spiro atoms. The number of fused-ring (bicyclic) bond motifs is 1. The summed E-state index contributed by atoms with van der Waals surface area (Å²) in [4.78, 5) is 0.770. The molecular weight excluding hydrogens is 416 g/mol. The molecule has 3 aromatic carbocycles. The van der Waals surface area contributed by atoms with Crippen molar-refractivity contribution in [3.8, 4) is 5.75 Å². The number of rotatable bonds is 4. The van der Waals surface area contributed by atoms with Crippen LogP contribution in [0.15, 0.2) is 89.5 Å². The minimum atomic E-state index is -3.73. The van der Waals surface area contributed by atoms with E-state index in [-0.39, 0.29) is 11.0 Å². The minimum Gasteiger partial charge on any atom is -0.480 e. The summed E-state index contributed by atoms with van der Waals surface area (Å²) in [6.07, 6.45) is 1.46. The van der Waals surface area contributed by atoms with Crippen LogP contribution in [-0.4, -0.2) is 13.3 Å². The van der Waals surface area contributed by atoms with Crippen molar-refractivity contribution < 1.29 is 13.2 Å². The lowest BCUT2D eigenvalue weighted by Crippen LogP contribution is -2.24. The van der Waals surface area contributed by atoms with E-state index in [1.807, 2.05) is 61.7 Å². The summed E-state index contributed by atoms with van der Waals surface area (Å²) in [5.74, 6) is 0.758. The van der Waals surface area contributed by atoms with Crippen molar-refractivity contribution in [3.63, 3.8) is 0 Å². The van der Waals surface area contributed by atoms with Crippen molar-refractivity contribution >= 4 is 32.8 Å². The number of hydrogen-bond donors (Lipinski definition) is 2. The number of hydrogen-bond acceptors (Lipinski definition) is 5. The first-order valence-electron chi connectivity index (χ1n) is 9.29. The number of nitrogens with two attached hydrogens (primary N) is 1. The number of anilines is 1. The molecule has 152 valence electrons. The maximum absolute atomic E-state index is 11.4. The average Bonchev–Trinajstić information content (AvgIpc) is 2.73. The van der Waals surface area contributed by atoms with Gasteiger partial charge in [-0.15, -0.1) is 0 Å². The van der Waals surface area contributed by atoms with Gasteiger partial charge in [-0.1, -0.05) is 54.2 Å². The Morgan fingerprint density at radius 3 is 2.40 bits per heavy atom. The van der Waals surface area contributed by atoms with E-state index in [4.69, 9.17) is 22.1 Å². The summed E-state index contributed by atoms with van der Waals surface area (Å²) in [5, 5.41) is 8.37. The van der Waals surface area contributed by atoms with Crippen molar-refractivity contribution in [2.75, 3.05) is 5.32 Å². The minimum absolute atomic E-state index is 0.0591. The van der Waals surface area contributed by atoms with E-state index < -0.39 is 10.0 Å². The molecule has 30 heavy (non-hydrogen) atoms. The molecular formula is C23H20N2O3S2. The van der Waals surface area contributed by atoms with Crippen LogP contribution in [0.1, 0.15) is 22.8 Å². The third kappa shape index (κ3) is 4.14. The highest BCUT2D eigenvalue weighted by atomic mass is 32.2. The average molecular weight is 437 g/mol. The number of sulfonamides is 1. The van der Waals surface area contributed by atoms with E-state index in [2.05, 4.69) is 5.32 Å². The lowest BCUT2D eigenvalue weighted by Gasteiger charge is -2.30. The van der Waals surface area contributed by atoms with Crippen LogP contribution in [-0.2, 0) is 10.0 Å². The Balaban J connectivity index is 1.71. The molecule has 0 fully saturated rings. The molecule has 5 nitrogen and oxygen atoms in total. The van der Waals surface area contributed by atoms with Crippen molar-refractivity contribution in [1.82, 2.24) is 0 Å². The van der Waals surface area contributed by atoms with Gasteiger partial charge in [0.1, 0.15) is 5.75 Å². The highest BCUT2D eigenvalue weighted by molar-refractivity contribution is 7.89. The summed E-state index contributed by atoms with van der Waals surface area (Å²) in [7, 11) is -3.73. The first-order chi connectivity index (χ1) is 14.3. The fourth-order valence-electron chi connectivity index (χ4n) is 3.31. The number of thiocarbonyl (C=S) groups is 1. The topological polar surface area (TPSA) is 81.4 Å². The van der Waals surface area contributed by atoms with Gasteiger partial charge in [-0.3, -0.25) is 0 Å². The van der Waals surface area contributed by atoms with Gasteiger partial charge in [0.25, 0.3) is 0 Å².